The Bertz CT molecular complexity index is 848. The maximum Gasteiger partial charge on any atom is 0.348 e. The number of rotatable bonds is 8. The molecule has 0 fully saturated rings. The summed E-state index contributed by atoms with van der Waals surface area (Å²) in [5.74, 6) is -1.37. The van der Waals surface area contributed by atoms with Crippen molar-refractivity contribution in [2.45, 2.75) is 37.8 Å². The van der Waals surface area contributed by atoms with Gasteiger partial charge < -0.3 is 14.8 Å². The summed E-state index contributed by atoms with van der Waals surface area (Å²) in [4.78, 5) is 38.5. The molecule has 2 aromatic rings. The van der Waals surface area contributed by atoms with Gasteiger partial charge in [-0.05, 0) is 45.4 Å². The Morgan fingerprint density at radius 3 is 2.29 bits per heavy atom. The van der Waals surface area contributed by atoms with E-state index in [0.29, 0.717) is 10.6 Å². The fourth-order valence-corrected chi connectivity index (χ4v) is 4.39. The van der Waals surface area contributed by atoms with Crippen LogP contribution in [-0.2, 0) is 14.3 Å². The van der Waals surface area contributed by atoms with E-state index in [1.54, 1.807) is 27.7 Å². The van der Waals surface area contributed by atoms with Crippen LogP contribution in [0.2, 0.25) is 0 Å². The lowest BCUT2D eigenvalue weighted by Crippen LogP contribution is -2.23. The molecule has 0 bridgehead atoms. The lowest BCUT2D eigenvalue weighted by atomic mass is 10.1. The number of hydrogen-bond donors (Lipinski definition) is 1. The van der Waals surface area contributed by atoms with Crippen LogP contribution >= 0.6 is 23.1 Å². The Labute approximate surface area is 172 Å². The van der Waals surface area contributed by atoms with Crippen molar-refractivity contribution < 1.29 is 23.9 Å². The zero-order valence-corrected chi connectivity index (χ0v) is 17.9. The second-order valence-corrected chi connectivity index (χ2v) is 8.20. The number of hydrogen-bond acceptors (Lipinski definition) is 7. The quantitative estimate of drug-likeness (QED) is 0.498. The van der Waals surface area contributed by atoms with E-state index in [1.807, 2.05) is 30.3 Å². The second-order valence-electron chi connectivity index (χ2n) is 5.76. The van der Waals surface area contributed by atoms with Gasteiger partial charge in [-0.1, -0.05) is 18.2 Å². The maximum atomic E-state index is 12.7. The van der Waals surface area contributed by atoms with Gasteiger partial charge in [-0.3, -0.25) is 4.79 Å². The van der Waals surface area contributed by atoms with Gasteiger partial charge in [-0.25, -0.2) is 9.59 Å². The lowest BCUT2D eigenvalue weighted by Gasteiger charge is -2.12. The molecule has 1 aromatic carbocycles. The molecule has 0 aliphatic heterocycles. The third-order valence-corrected chi connectivity index (χ3v) is 6.05. The van der Waals surface area contributed by atoms with E-state index in [-0.39, 0.29) is 29.6 Å². The van der Waals surface area contributed by atoms with Gasteiger partial charge >= 0.3 is 11.9 Å². The fraction of sp³-hybridized carbons (Fsp3) is 0.350. The Kier molecular flexibility index (Phi) is 8.07. The third kappa shape index (κ3) is 5.36. The molecule has 1 unspecified atom stereocenters. The van der Waals surface area contributed by atoms with E-state index < -0.39 is 17.2 Å². The summed E-state index contributed by atoms with van der Waals surface area (Å²) in [5.41, 5.74) is 0.640. The number of anilines is 1. The van der Waals surface area contributed by atoms with E-state index >= 15 is 0 Å². The molecule has 0 spiro atoms. The zero-order valence-electron chi connectivity index (χ0n) is 16.2. The summed E-state index contributed by atoms with van der Waals surface area (Å²) in [6, 6.07) is 9.56. The Balaban J connectivity index is 2.26. The van der Waals surface area contributed by atoms with Gasteiger partial charge in [0.25, 0.3) is 0 Å². The zero-order chi connectivity index (χ0) is 20.7. The molecule has 0 radical (unpaired) electrons. The first-order valence-corrected chi connectivity index (χ1v) is 10.6. The lowest BCUT2D eigenvalue weighted by molar-refractivity contribution is -0.115. The summed E-state index contributed by atoms with van der Waals surface area (Å²) >= 11 is 2.43. The highest BCUT2D eigenvalue weighted by Gasteiger charge is 2.28. The molecule has 8 heteroatoms. The molecular weight excluding hydrogens is 398 g/mol. The minimum absolute atomic E-state index is 0.191. The van der Waals surface area contributed by atoms with Gasteiger partial charge in [-0.2, -0.15) is 0 Å². The molecule has 1 amide bonds. The molecule has 0 aliphatic rings. The topological polar surface area (TPSA) is 81.7 Å². The van der Waals surface area contributed by atoms with E-state index in [0.717, 1.165) is 16.2 Å². The van der Waals surface area contributed by atoms with Crippen molar-refractivity contribution in [1.82, 2.24) is 0 Å². The average molecular weight is 422 g/mol. The summed E-state index contributed by atoms with van der Waals surface area (Å²) in [6.07, 6.45) is 0. The molecule has 0 saturated carbocycles. The van der Waals surface area contributed by atoms with Crippen LogP contribution < -0.4 is 5.32 Å². The molecular formula is C20H23NO5S2. The number of esters is 2. The maximum absolute atomic E-state index is 12.7. The monoisotopic (exact) mass is 421 g/mol. The number of nitrogens with one attached hydrogen (secondary N) is 1. The van der Waals surface area contributed by atoms with Gasteiger partial charge in [0.05, 0.1) is 24.0 Å². The molecule has 0 aliphatic carbocycles. The Morgan fingerprint density at radius 1 is 1.07 bits per heavy atom. The molecule has 1 heterocycles. The number of carbonyl (C=O) groups excluding carboxylic acids is 3. The summed E-state index contributed by atoms with van der Waals surface area (Å²) in [7, 11) is 0. The predicted octanol–water partition coefficient (Wildman–Crippen LogP) is 4.53. The van der Waals surface area contributed by atoms with Crippen molar-refractivity contribution >= 4 is 45.9 Å². The van der Waals surface area contributed by atoms with E-state index in [2.05, 4.69) is 5.32 Å². The molecule has 6 nitrogen and oxygen atoms in total. The minimum Gasteiger partial charge on any atom is -0.462 e. The minimum atomic E-state index is -0.578. The standard InChI is InChI=1S/C20H23NO5S2/c1-5-25-19(23)15-12(3)16(20(24)26-6-2)28-18(15)21-17(22)13(4)27-14-10-8-7-9-11-14/h7-11,13H,5-6H2,1-4H3,(H,21,22). The van der Waals surface area contributed by atoms with E-state index in [1.165, 1.54) is 11.8 Å². The SMILES string of the molecule is CCOC(=O)c1sc(NC(=O)C(C)Sc2ccccc2)c(C(=O)OCC)c1C. The largest absolute Gasteiger partial charge is 0.462 e. The molecule has 28 heavy (non-hydrogen) atoms. The van der Waals surface area contributed by atoms with Gasteiger partial charge in [0.1, 0.15) is 9.88 Å². The number of amides is 1. The van der Waals surface area contributed by atoms with Crippen LogP contribution in [0.5, 0.6) is 0 Å². The van der Waals surface area contributed by atoms with Gasteiger partial charge in [-0.15, -0.1) is 23.1 Å². The number of ether oxygens (including phenoxy) is 2. The van der Waals surface area contributed by atoms with Crippen LogP contribution in [-0.4, -0.2) is 36.3 Å². The molecule has 1 N–H and O–H groups in total. The molecule has 150 valence electrons. The first kappa shape index (κ1) is 22.0. The number of carbonyl (C=O) groups is 3. The van der Waals surface area contributed by atoms with E-state index in [4.69, 9.17) is 9.47 Å². The van der Waals surface area contributed by atoms with Crippen molar-refractivity contribution in [3.8, 4) is 0 Å². The summed E-state index contributed by atoms with van der Waals surface area (Å²) in [6.45, 7) is 7.24. The molecule has 0 saturated heterocycles. The van der Waals surface area contributed by atoms with Gasteiger partial charge in [0.2, 0.25) is 5.91 Å². The highest BCUT2D eigenvalue weighted by Crippen LogP contribution is 2.35. The molecule has 1 aromatic heterocycles. The smallest absolute Gasteiger partial charge is 0.348 e. The number of benzene rings is 1. The molecule has 1 atom stereocenters. The number of thioether (sulfide) groups is 1. The number of thiophene rings is 1. The highest BCUT2D eigenvalue weighted by molar-refractivity contribution is 8.00. The Hall–Kier alpha value is -2.32. The van der Waals surface area contributed by atoms with Gasteiger partial charge in [0, 0.05) is 4.90 Å². The van der Waals surface area contributed by atoms with Crippen LogP contribution in [0.3, 0.4) is 0 Å². The van der Waals surface area contributed by atoms with Crippen LogP contribution in [0.15, 0.2) is 35.2 Å². The third-order valence-electron chi connectivity index (χ3n) is 3.75. The summed E-state index contributed by atoms with van der Waals surface area (Å²) < 4.78 is 10.2. The van der Waals surface area contributed by atoms with Crippen LogP contribution in [0.25, 0.3) is 0 Å². The summed E-state index contributed by atoms with van der Waals surface area (Å²) in [5, 5.41) is 2.68. The van der Waals surface area contributed by atoms with E-state index in [9.17, 15) is 14.4 Å². The predicted molar refractivity (Wildman–Crippen MR) is 111 cm³/mol. The molecule has 2 rings (SSSR count). The van der Waals surface area contributed by atoms with Crippen LogP contribution in [0, 0.1) is 6.92 Å². The fourth-order valence-electron chi connectivity index (χ4n) is 2.41. The van der Waals surface area contributed by atoms with Crippen molar-refractivity contribution in [3.63, 3.8) is 0 Å². The normalized spacial score (nSPS) is 11.6. The van der Waals surface area contributed by atoms with Crippen LogP contribution in [0.4, 0.5) is 5.00 Å². The average Bonchev–Trinajstić information content (AvgIpc) is 2.99. The van der Waals surface area contributed by atoms with Crippen LogP contribution in [0.1, 0.15) is 46.4 Å². The van der Waals surface area contributed by atoms with Crippen molar-refractivity contribution in [2.24, 2.45) is 0 Å². The first-order valence-electron chi connectivity index (χ1n) is 8.89. The first-order chi connectivity index (χ1) is 13.4. The van der Waals surface area contributed by atoms with Crippen molar-refractivity contribution in [1.29, 1.82) is 0 Å². The van der Waals surface area contributed by atoms with Crippen molar-refractivity contribution in [3.05, 3.63) is 46.3 Å². The highest BCUT2D eigenvalue weighted by atomic mass is 32.2. The van der Waals surface area contributed by atoms with Crippen molar-refractivity contribution in [2.75, 3.05) is 18.5 Å². The second kappa shape index (κ2) is 10.3. The van der Waals surface area contributed by atoms with Gasteiger partial charge in [0.15, 0.2) is 0 Å². The Morgan fingerprint density at radius 2 is 1.68 bits per heavy atom.